The Morgan fingerprint density at radius 2 is 1.83 bits per heavy atom. The Bertz CT molecular complexity index is 641. The van der Waals surface area contributed by atoms with Crippen molar-refractivity contribution in [1.29, 1.82) is 0 Å². The van der Waals surface area contributed by atoms with E-state index in [0.29, 0.717) is 11.7 Å². The van der Waals surface area contributed by atoms with Crippen molar-refractivity contribution in [2.75, 3.05) is 18.0 Å². The number of piperidine rings is 1. The molecule has 1 aliphatic heterocycles. The minimum absolute atomic E-state index is 0.116. The van der Waals surface area contributed by atoms with Crippen LogP contribution in [0.25, 0.3) is 0 Å². The van der Waals surface area contributed by atoms with Crippen LogP contribution < -0.4 is 9.64 Å². The molecule has 0 saturated carbocycles. The van der Waals surface area contributed by atoms with Crippen LogP contribution in [0.2, 0.25) is 5.28 Å². The number of rotatable bonds is 5. The van der Waals surface area contributed by atoms with Crippen LogP contribution in [0.15, 0.2) is 24.8 Å². The lowest BCUT2D eigenvalue weighted by Gasteiger charge is -2.35. The van der Waals surface area contributed by atoms with Gasteiger partial charge in [0, 0.05) is 13.1 Å². The van der Waals surface area contributed by atoms with Crippen LogP contribution in [-0.2, 0) is 6.42 Å². The van der Waals surface area contributed by atoms with E-state index >= 15 is 0 Å². The highest BCUT2D eigenvalue weighted by atomic mass is 35.5. The van der Waals surface area contributed by atoms with E-state index in [4.69, 9.17) is 16.3 Å². The average molecular weight is 348 g/mol. The van der Waals surface area contributed by atoms with Gasteiger partial charge in [0.15, 0.2) is 5.75 Å². The molecule has 7 heteroatoms. The van der Waals surface area contributed by atoms with Gasteiger partial charge in [-0.3, -0.25) is 4.98 Å². The molecule has 1 saturated heterocycles. The zero-order chi connectivity index (χ0) is 16.9. The van der Waals surface area contributed by atoms with Gasteiger partial charge in [-0.25, -0.2) is 15.0 Å². The fourth-order valence-electron chi connectivity index (χ4n) is 2.96. The maximum absolute atomic E-state index is 5.95. The lowest BCUT2D eigenvalue weighted by atomic mass is 9.92. The summed E-state index contributed by atoms with van der Waals surface area (Å²) in [6, 6.07) is 0. The Kier molecular flexibility index (Phi) is 5.45. The van der Waals surface area contributed by atoms with Crippen molar-refractivity contribution in [3.8, 4) is 5.75 Å². The third kappa shape index (κ3) is 4.12. The third-order valence-corrected chi connectivity index (χ3v) is 4.70. The van der Waals surface area contributed by atoms with E-state index < -0.39 is 0 Å². The van der Waals surface area contributed by atoms with Crippen molar-refractivity contribution in [2.24, 2.45) is 5.92 Å². The highest BCUT2D eigenvalue weighted by Gasteiger charge is 2.26. The Morgan fingerprint density at radius 3 is 2.42 bits per heavy atom. The van der Waals surface area contributed by atoms with Gasteiger partial charge in [0.25, 0.3) is 0 Å². The number of halogens is 1. The fourth-order valence-corrected chi connectivity index (χ4v) is 3.06. The summed E-state index contributed by atoms with van der Waals surface area (Å²) in [5.74, 6) is 2.13. The topological polar surface area (TPSA) is 64.0 Å². The van der Waals surface area contributed by atoms with Gasteiger partial charge in [0.2, 0.25) is 5.28 Å². The van der Waals surface area contributed by atoms with Gasteiger partial charge in [-0.2, -0.15) is 0 Å². The summed E-state index contributed by atoms with van der Waals surface area (Å²) in [6.07, 6.45) is 10.1. The number of anilines is 1. The summed E-state index contributed by atoms with van der Waals surface area (Å²) in [4.78, 5) is 19.1. The first-order valence-corrected chi connectivity index (χ1v) is 8.73. The summed E-state index contributed by atoms with van der Waals surface area (Å²) in [5, 5.41) is 0.235. The van der Waals surface area contributed by atoms with Crippen LogP contribution in [0.4, 0.5) is 5.82 Å². The van der Waals surface area contributed by atoms with Gasteiger partial charge in [-0.05, 0) is 43.7 Å². The van der Waals surface area contributed by atoms with E-state index in [2.05, 4.69) is 38.7 Å². The van der Waals surface area contributed by atoms with Gasteiger partial charge in [0.1, 0.15) is 5.82 Å². The Morgan fingerprint density at radius 1 is 1.12 bits per heavy atom. The molecule has 0 aliphatic carbocycles. The van der Waals surface area contributed by atoms with Crippen molar-refractivity contribution in [2.45, 2.75) is 39.2 Å². The minimum atomic E-state index is 0.116. The quantitative estimate of drug-likeness (QED) is 0.774. The number of ether oxygens (including phenoxy) is 1. The Labute approximate surface area is 147 Å². The van der Waals surface area contributed by atoms with Crippen LogP contribution in [0.5, 0.6) is 5.75 Å². The van der Waals surface area contributed by atoms with Gasteiger partial charge in [-0.15, -0.1) is 0 Å². The largest absolute Gasteiger partial charge is 0.487 e. The first kappa shape index (κ1) is 16.9. The molecule has 3 rings (SSSR count). The highest BCUT2D eigenvalue weighted by molar-refractivity contribution is 6.28. The second-order valence-corrected chi connectivity index (χ2v) is 6.39. The molecule has 1 fully saturated rings. The molecule has 0 aromatic carbocycles. The average Bonchev–Trinajstić information content (AvgIpc) is 2.64. The molecule has 2 aromatic heterocycles. The maximum Gasteiger partial charge on any atom is 0.222 e. The standard InChI is InChI=1S/C17H22ClN5O/c1-3-14-8-20-16(11-19-14)23-6-4-13(5-7-23)12(2)24-15-9-21-17(18)22-10-15/h8-13H,3-7H2,1-2H3/t12-/m0/s1. The molecule has 0 spiro atoms. The zero-order valence-electron chi connectivity index (χ0n) is 14.0. The van der Waals surface area contributed by atoms with Gasteiger partial charge < -0.3 is 9.64 Å². The van der Waals surface area contributed by atoms with Crippen molar-refractivity contribution in [1.82, 2.24) is 19.9 Å². The number of hydrogen-bond acceptors (Lipinski definition) is 6. The summed E-state index contributed by atoms with van der Waals surface area (Å²) in [7, 11) is 0. The molecule has 2 aromatic rings. The first-order valence-electron chi connectivity index (χ1n) is 8.35. The van der Waals surface area contributed by atoms with Crippen molar-refractivity contribution < 1.29 is 4.74 Å². The summed E-state index contributed by atoms with van der Waals surface area (Å²) in [6.45, 7) is 6.12. The molecule has 0 N–H and O–H groups in total. The second kappa shape index (κ2) is 7.75. The number of nitrogens with zero attached hydrogens (tertiary/aromatic N) is 5. The molecule has 128 valence electrons. The number of aryl methyl sites for hydroxylation is 1. The van der Waals surface area contributed by atoms with Crippen LogP contribution >= 0.6 is 11.6 Å². The van der Waals surface area contributed by atoms with E-state index in [1.54, 1.807) is 12.4 Å². The minimum Gasteiger partial charge on any atom is -0.487 e. The lowest BCUT2D eigenvalue weighted by Crippen LogP contribution is -2.39. The van der Waals surface area contributed by atoms with E-state index in [0.717, 1.165) is 43.9 Å². The third-order valence-electron chi connectivity index (χ3n) is 4.50. The van der Waals surface area contributed by atoms with Crippen molar-refractivity contribution >= 4 is 17.4 Å². The molecule has 0 bridgehead atoms. The molecule has 0 amide bonds. The molecule has 0 radical (unpaired) electrons. The molecule has 3 heterocycles. The van der Waals surface area contributed by atoms with Crippen molar-refractivity contribution in [3.63, 3.8) is 0 Å². The van der Waals surface area contributed by atoms with E-state index in [1.807, 2.05) is 12.4 Å². The van der Waals surface area contributed by atoms with Gasteiger partial charge in [-0.1, -0.05) is 6.92 Å². The maximum atomic E-state index is 5.95. The van der Waals surface area contributed by atoms with Crippen LogP contribution in [0, 0.1) is 5.92 Å². The summed E-state index contributed by atoms with van der Waals surface area (Å²) >= 11 is 5.70. The fraction of sp³-hybridized carbons (Fsp3) is 0.529. The van der Waals surface area contributed by atoms with Crippen LogP contribution in [-0.4, -0.2) is 39.1 Å². The molecule has 24 heavy (non-hydrogen) atoms. The zero-order valence-corrected chi connectivity index (χ0v) is 14.8. The predicted molar refractivity (Wildman–Crippen MR) is 93.5 cm³/mol. The molecule has 1 atom stereocenters. The normalized spacial score (nSPS) is 16.9. The molecule has 1 aliphatic rings. The highest BCUT2D eigenvalue weighted by Crippen LogP contribution is 2.26. The Balaban J connectivity index is 1.53. The monoisotopic (exact) mass is 347 g/mol. The van der Waals surface area contributed by atoms with Gasteiger partial charge in [0.05, 0.1) is 36.6 Å². The summed E-state index contributed by atoms with van der Waals surface area (Å²) < 4.78 is 5.95. The molecule has 0 unspecified atom stereocenters. The van der Waals surface area contributed by atoms with Crippen LogP contribution in [0.3, 0.4) is 0 Å². The molecule has 6 nitrogen and oxygen atoms in total. The second-order valence-electron chi connectivity index (χ2n) is 6.05. The van der Waals surface area contributed by atoms with E-state index in [1.165, 1.54) is 0 Å². The van der Waals surface area contributed by atoms with Gasteiger partial charge >= 0.3 is 0 Å². The lowest BCUT2D eigenvalue weighted by molar-refractivity contribution is 0.132. The van der Waals surface area contributed by atoms with E-state index in [9.17, 15) is 0 Å². The molecular formula is C17H22ClN5O. The Hall–Kier alpha value is -1.95. The van der Waals surface area contributed by atoms with E-state index in [-0.39, 0.29) is 11.4 Å². The predicted octanol–water partition coefficient (Wildman–Crippen LogP) is 3.17. The molecular weight excluding hydrogens is 326 g/mol. The number of aromatic nitrogens is 4. The van der Waals surface area contributed by atoms with Crippen LogP contribution in [0.1, 0.15) is 32.4 Å². The SMILES string of the molecule is CCc1cnc(N2CCC([C@H](C)Oc3cnc(Cl)nc3)CC2)cn1. The first-order chi connectivity index (χ1) is 11.7. The summed E-state index contributed by atoms with van der Waals surface area (Å²) in [5.41, 5.74) is 1.03. The number of hydrogen-bond donors (Lipinski definition) is 0. The smallest absolute Gasteiger partial charge is 0.222 e. The van der Waals surface area contributed by atoms with Crippen molar-refractivity contribution in [3.05, 3.63) is 35.8 Å².